The first-order chi connectivity index (χ1) is 34.9. The molecule has 2 aliphatic carbocycles. The van der Waals surface area contributed by atoms with Crippen LogP contribution in [0, 0.1) is 46.0 Å². The fraction of sp³-hybridized carbons (Fsp3) is 0.371. The summed E-state index contributed by atoms with van der Waals surface area (Å²) in [7, 11) is 0. The summed E-state index contributed by atoms with van der Waals surface area (Å²) < 4.78 is 10.8. The van der Waals surface area contributed by atoms with Gasteiger partial charge in [0.1, 0.15) is 0 Å². The monoisotopic (exact) mass is 991 g/mol. The summed E-state index contributed by atoms with van der Waals surface area (Å²) in [5.74, 6) is 13.8. The Morgan fingerprint density at radius 3 is 0.944 bits per heavy atom. The van der Waals surface area contributed by atoms with E-state index < -0.39 is 13.3 Å². The van der Waals surface area contributed by atoms with Gasteiger partial charge in [0.25, 0.3) is 0 Å². The van der Waals surface area contributed by atoms with Crippen molar-refractivity contribution in [3.8, 4) is 68.3 Å². The van der Waals surface area contributed by atoms with Crippen LogP contribution in [0.3, 0.4) is 0 Å². The van der Waals surface area contributed by atoms with Gasteiger partial charge in [0.2, 0.25) is 0 Å². The second-order valence-corrected chi connectivity index (χ2v) is 27.3. The molecular weight excluding hydrogens is 913 g/mol. The Labute approximate surface area is 432 Å². The Balaban J connectivity index is 1.28. The summed E-state index contributed by atoms with van der Waals surface area (Å²) >= 11 is -3.83. The van der Waals surface area contributed by atoms with Gasteiger partial charge in [0, 0.05) is 0 Å². The van der Waals surface area contributed by atoms with E-state index in [0.29, 0.717) is 0 Å². The minimum absolute atomic E-state index is 0.0925. The maximum atomic E-state index is 6.12. The van der Waals surface area contributed by atoms with Gasteiger partial charge in [0.15, 0.2) is 0 Å². The zero-order valence-corrected chi connectivity index (χ0v) is 45.6. The first kappa shape index (κ1) is 51.5. The molecule has 0 radical (unpaired) electrons. The van der Waals surface area contributed by atoms with Crippen LogP contribution >= 0.6 is 0 Å². The van der Waals surface area contributed by atoms with Crippen LogP contribution in [-0.2, 0) is 10.8 Å². The molecule has 0 amide bonds. The Morgan fingerprint density at radius 1 is 0.352 bits per heavy atom. The number of benzene rings is 6. The molecule has 6 aromatic rings. The van der Waals surface area contributed by atoms with E-state index in [0.717, 1.165) is 47.9 Å². The van der Waals surface area contributed by atoms with E-state index in [1.54, 1.807) is 0 Å². The summed E-state index contributed by atoms with van der Waals surface area (Å²) in [4.78, 5) is 0. The number of rotatable bonds is 22. The molecule has 0 unspecified atom stereocenters. The third kappa shape index (κ3) is 11.0. The van der Waals surface area contributed by atoms with Crippen LogP contribution < -0.4 is 8.79 Å². The van der Waals surface area contributed by atoms with Crippen LogP contribution in [-0.4, -0.2) is 13.3 Å². The third-order valence-electron chi connectivity index (χ3n) is 16.1. The molecule has 6 aromatic carbocycles. The van der Waals surface area contributed by atoms with Gasteiger partial charge in [0.05, 0.1) is 0 Å². The molecule has 0 aliphatic heterocycles. The Kier molecular flexibility index (Phi) is 17.7. The quantitative estimate of drug-likeness (QED) is 0.0361. The summed E-state index contributed by atoms with van der Waals surface area (Å²) in [6, 6.07) is 49.9. The van der Waals surface area contributed by atoms with Crippen molar-refractivity contribution < 1.29 is 0 Å². The Hall–Kier alpha value is -5.90. The predicted octanol–water partition coefficient (Wildman–Crippen LogP) is 16.8. The molecule has 1 heteroatoms. The molecular formula is C70H76Ge. The molecule has 0 nitrogen and oxygen atoms in total. The van der Waals surface area contributed by atoms with E-state index in [2.05, 4.69) is 194 Å². The zero-order valence-electron chi connectivity index (χ0n) is 43.5. The van der Waals surface area contributed by atoms with Crippen molar-refractivity contribution in [2.75, 3.05) is 0 Å². The summed E-state index contributed by atoms with van der Waals surface area (Å²) in [5.41, 5.74) is 15.0. The summed E-state index contributed by atoms with van der Waals surface area (Å²) in [6.07, 6.45) is 36.5. The van der Waals surface area contributed by atoms with Crippen LogP contribution in [0.4, 0.5) is 0 Å². The Bertz CT molecular complexity index is 2740. The third-order valence-corrected chi connectivity index (χ3v) is 23.2. The second kappa shape index (κ2) is 24.5. The predicted molar refractivity (Wildman–Crippen MR) is 308 cm³/mol. The molecule has 8 rings (SSSR count). The molecule has 0 N–H and O–H groups in total. The second-order valence-electron chi connectivity index (χ2n) is 20.7. The standard InChI is InChI=1S/C70H76Ge/c1-7-13-17-27-45-69(46-28-18-14-8-2)65-51-55(11-5)35-39-61(65)63-41-37-57(53-67(63)69)43-49-71(59-31-23-21-24-32-59,60-33-25-22-26-34-60)50-44-58-38-42-64-62-40-36-56(12-6)52-66(62)70(68(64)54-58,47-29-19-15-9-3)48-30-20-16-10-4/h5-6,21-26,31-42,51-54H,7-10,13-20,27-30,45-48H2,1-4H3. The van der Waals surface area contributed by atoms with Crippen molar-refractivity contribution in [1.82, 2.24) is 0 Å². The van der Waals surface area contributed by atoms with Crippen molar-refractivity contribution in [1.29, 1.82) is 0 Å². The van der Waals surface area contributed by atoms with E-state index >= 15 is 0 Å². The maximum absolute atomic E-state index is 6.12. The number of terminal acetylenes is 2. The topological polar surface area (TPSA) is 0 Å². The Morgan fingerprint density at radius 2 is 0.648 bits per heavy atom. The molecule has 0 saturated carbocycles. The van der Waals surface area contributed by atoms with E-state index in [4.69, 9.17) is 12.8 Å². The van der Waals surface area contributed by atoms with Gasteiger partial charge in [-0.05, 0) is 0 Å². The van der Waals surface area contributed by atoms with Crippen LogP contribution in [0.5, 0.6) is 0 Å². The van der Waals surface area contributed by atoms with Gasteiger partial charge in [-0.2, -0.15) is 0 Å². The van der Waals surface area contributed by atoms with Crippen LogP contribution in [0.25, 0.3) is 22.3 Å². The molecule has 0 spiro atoms. The van der Waals surface area contributed by atoms with Crippen LogP contribution in [0.15, 0.2) is 133 Å². The van der Waals surface area contributed by atoms with Gasteiger partial charge < -0.3 is 0 Å². The van der Waals surface area contributed by atoms with Crippen molar-refractivity contribution >= 4 is 22.1 Å². The van der Waals surface area contributed by atoms with Crippen LogP contribution in [0.2, 0.25) is 0 Å². The number of unbranched alkanes of at least 4 members (excludes halogenated alkanes) is 12. The van der Waals surface area contributed by atoms with Crippen molar-refractivity contribution in [3.63, 3.8) is 0 Å². The molecule has 2 aliphatic rings. The fourth-order valence-corrected chi connectivity index (χ4v) is 18.6. The number of fused-ring (bicyclic) bond motifs is 6. The SMILES string of the molecule is C#Cc1ccc2c(c1)C(CCCCCC)(CCCCCC)c1cc(C#[C][Ge]([C]#Cc3ccc4c(c3)C(CCCCCC)(CCCCCC)c3cc(C#C)ccc3-4)([c]3ccccc3)[c]3ccccc3)ccc1-2. The van der Waals surface area contributed by atoms with E-state index in [9.17, 15) is 0 Å². The first-order valence-corrected chi connectivity index (χ1v) is 31.8. The molecule has 360 valence electrons. The van der Waals surface area contributed by atoms with Gasteiger partial charge in [-0.15, -0.1) is 0 Å². The molecule has 0 atom stereocenters. The fourth-order valence-electron chi connectivity index (χ4n) is 12.3. The molecule has 0 fully saturated rings. The molecule has 71 heavy (non-hydrogen) atoms. The van der Waals surface area contributed by atoms with Gasteiger partial charge in [-0.25, -0.2) is 0 Å². The number of hydrogen-bond acceptors (Lipinski definition) is 0. The van der Waals surface area contributed by atoms with Crippen molar-refractivity contribution in [3.05, 3.63) is 178 Å². The van der Waals surface area contributed by atoms with Crippen LogP contribution in [0.1, 0.15) is 201 Å². The molecule has 0 heterocycles. The normalized spacial score (nSPS) is 13.3. The molecule has 0 aromatic heterocycles. The molecule has 0 saturated heterocycles. The molecule has 0 bridgehead atoms. The van der Waals surface area contributed by atoms with E-state index in [1.807, 2.05) is 0 Å². The van der Waals surface area contributed by atoms with Gasteiger partial charge in [-0.3, -0.25) is 0 Å². The summed E-state index contributed by atoms with van der Waals surface area (Å²) in [6.45, 7) is 9.23. The van der Waals surface area contributed by atoms with Gasteiger partial charge in [-0.1, -0.05) is 0 Å². The van der Waals surface area contributed by atoms with E-state index in [1.165, 1.54) is 156 Å². The van der Waals surface area contributed by atoms with Crippen molar-refractivity contribution in [2.24, 2.45) is 0 Å². The van der Waals surface area contributed by atoms with Gasteiger partial charge >= 0.3 is 435 Å². The first-order valence-electron chi connectivity index (χ1n) is 27.6. The minimum atomic E-state index is -3.83. The average molecular weight is 990 g/mol. The average Bonchev–Trinajstić information content (AvgIpc) is 3.84. The zero-order chi connectivity index (χ0) is 49.5. The van der Waals surface area contributed by atoms with E-state index in [-0.39, 0.29) is 10.8 Å². The summed E-state index contributed by atoms with van der Waals surface area (Å²) in [5, 5.41) is 0. The van der Waals surface area contributed by atoms with Crippen molar-refractivity contribution in [2.45, 2.75) is 167 Å². The number of hydrogen-bond donors (Lipinski definition) is 0.